The maximum Gasteiger partial charge on any atom is 0.179 e. The molecule has 0 aliphatic carbocycles. The normalized spacial score (nSPS) is 11.8. The molecule has 130 valence electrons. The van der Waals surface area contributed by atoms with E-state index in [4.69, 9.17) is 9.97 Å². The van der Waals surface area contributed by atoms with E-state index in [0.717, 1.165) is 27.7 Å². The first-order chi connectivity index (χ1) is 12.5. The molecule has 0 aromatic carbocycles. The van der Waals surface area contributed by atoms with Crippen molar-refractivity contribution >= 4 is 21.9 Å². The number of fused-ring (bicyclic) bond motifs is 2. The summed E-state index contributed by atoms with van der Waals surface area (Å²) in [6.07, 6.45) is 5.11. The van der Waals surface area contributed by atoms with Crippen molar-refractivity contribution in [3.05, 3.63) is 48.3 Å². The van der Waals surface area contributed by atoms with Gasteiger partial charge >= 0.3 is 0 Å². The predicted octanol–water partition coefficient (Wildman–Crippen LogP) is 4.28. The Labute approximate surface area is 151 Å². The lowest BCUT2D eigenvalue weighted by Gasteiger charge is -2.11. The van der Waals surface area contributed by atoms with Crippen LogP contribution in [0.3, 0.4) is 0 Å². The molecule has 0 amide bonds. The molecule has 6 heteroatoms. The Hall–Kier alpha value is -3.02. The van der Waals surface area contributed by atoms with Crippen molar-refractivity contribution in [3.8, 4) is 11.5 Å². The van der Waals surface area contributed by atoms with Gasteiger partial charge in [-0.25, -0.2) is 24.9 Å². The van der Waals surface area contributed by atoms with E-state index in [9.17, 15) is 0 Å². The maximum atomic E-state index is 4.79. The Bertz CT molecular complexity index is 1100. The van der Waals surface area contributed by atoms with Crippen LogP contribution in [-0.2, 0) is 0 Å². The fourth-order valence-corrected chi connectivity index (χ4v) is 3.11. The van der Waals surface area contributed by atoms with E-state index in [1.807, 2.05) is 18.2 Å². The van der Waals surface area contributed by atoms with E-state index in [-0.39, 0.29) is 5.92 Å². The van der Waals surface area contributed by atoms with Gasteiger partial charge < -0.3 is 0 Å². The van der Waals surface area contributed by atoms with E-state index in [1.54, 1.807) is 18.7 Å². The lowest BCUT2D eigenvalue weighted by atomic mass is 10.0. The molecule has 0 bridgehead atoms. The number of hydrogen-bond donors (Lipinski definition) is 0. The van der Waals surface area contributed by atoms with E-state index in [1.165, 1.54) is 0 Å². The van der Waals surface area contributed by atoms with Crippen molar-refractivity contribution < 1.29 is 0 Å². The minimum absolute atomic E-state index is 0.275. The fraction of sp³-hybridized carbons (Fsp3) is 0.300. The first-order valence-corrected chi connectivity index (χ1v) is 8.78. The van der Waals surface area contributed by atoms with Crippen LogP contribution in [-0.4, -0.2) is 29.9 Å². The zero-order valence-corrected chi connectivity index (χ0v) is 15.3. The Morgan fingerprint density at radius 1 is 0.769 bits per heavy atom. The van der Waals surface area contributed by atoms with Crippen molar-refractivity contribution in [2.24, 2.45) is 0 Å². The van der Waals surface area contributed by atoms with Gasteiger partial charge in [0.2, 0.25) is 0 Å². The largest absolute Gasteiger partial charge is 0.262 e. The predicted molar refractivity (Wildman–Crippen MR) is 102 cm³/mol. The quantitative estimate of drug-likeness (QED) is 0.552. The lowest BCUT2D eigenvalue weighted by Crippen LogP contribution is -2.02. The second kappa shape index (κ2) is 6.37. The van der Waals surface area contributed by atoms with E-state index in [0.29, 0.717) is 23.1 Å². The summed E-state index contributed by atoms with van der Waals surface area (Å²) in [5.41, 5.74) is 4.20. The monoisotopic (exact) mass is 344 g/mol. The van der Waals surface area contributed by atoms with Gasteiger partial charge in [-0.15, -0.1) is 0 Å². The van der Waals surface area contributed by atoms with Gasteiger partial charge in [0.1, 0.15) is 12.0 Å². The molecule has 0 spiro atoms. The molecule has 0 atom stereocenters. The molecule has 4 heterocycles. The molecule has 0 saturated carbocycles. The highest BCUT2D eigenvalue weighted by Crippen LogP contribution is 2.27. The average molecular weight is 344 g/mol. The van der Waals surface area contributed by atoms with Gasteiger partial charge in [-0.3, -0.25) is 4.98 Å². The molecule has 26 heavy (non-hydrogen) atoms. The van der Waals surface area contributed by atoms with Crippen LogP contribution in [0.25, 0.3) is 33.5 Å². The molecule has 4 rings (SSSR count). The summed E-state index contributed by atoms with van der Waals surface area (Å²) in [6, 6.07) is 5.92. The molecule has 0 saturated heterocycles. The zero-order chi connectivity index (χ0) is 18.3. The number of aromatic nitrogens is 6. The molecule has 0 unspecified atom stereocenters. The smallest absolute Gasteiger partial charge is 0.179 e. The molecule has 4 aromatic rings. The van der Waals surface area contributed by atoms with Gasteiger partial charge in [-0.2, -0.15) is 0 Å². The first kappa shape index (κ1) is 16.4. The second-order valence-electron chi connectivity index (χ2n) is 6.96. The Kier molecular flexibility index (Phi) is 4.03. The van der Waals surface area contributed by atoms with Crippen LogP contribution in [0, 0.1) is 0 Å². The average Bonchev–Trinajstić information content (AvgIpc) is 2.65. The highest BCUT2D eigenvalue weighted by Gasteiger charge is 2.15. The summed E-state index contributed by atoms with van der Waals surface area (Å²) in [5, 5.41) is 2.00. The van der Waals surface area contributed by atoms with E-state index >= 15 is 0 Å². The summed E-state index contributed by atoms with van der Waals surface area (Å²) in [5.74, 6) is 1.18. The lowest BCUT2D eigenvalue weighted by molar-refractivity contribution is 0.826. The number of rotatable bonds is 3. The SMILES string of the molecule is CC(C)c1nc(-c2ccc3c(C(C)C)ncnc3n2)nc2cnccc12. The van der Waals surface area contributed by atoms with Crippen molar-refractivity contribution in [3.63, 3.8) is 0 Å². The van der Waals surface area contributed by atoms with Crippen molar-refractivity contribution in [2.45, 2.75) is 39.5 Å². The van der Waals surface area contributed by atoms with Gasteiger partial charge in [-0.05, 0) is 30.0 Å². The summed E-state index contributed by atoms with van der Waals surface area (Å²) in [6.45, 7) is 8.48. The molecule has 0 radical (unpaired) electrons. The minimum Gasteiger partial charge on any atom is -0.262 e. The maximum absolute atomic E-state index is 4.79. The van der Waals surface area contributed by atoms with Crippen LogP contribution in [0.2, 0.25) is 0 Å². The van der Waals surface area contributed by atoms with Crippen molar-refractivity contribution in [1.29, 1.82) is 0 Å². The molecule has 0 aliphatic rings. The molecular weight excluding hydrogens is 324 g/mol. The second-order valence-corrected chi connectivity index (χ2v) is 6.96. The van der Waals surface area contributed by atoms with Gasteiger partial charge in [0, 0.05) is 17.0 Å². The summed E-state index contributed by atoms with van der Waals surface area (Å²) < 4.78 is 0. The Balaban J connectivity index is 1.92. The Morgan fingerprint density at radius 3 is 2.35 bits per heavy atom. The molecule has 6 nitrogen and oxygen atoms in total. The van der Waals surface area contributed by atoms with E-state index in [2.05, 4.69) is 47.6 Å². The van der Waals surface area contributed by atoms with Crippen LogP contribution in [0.4, 0.5) is 0 Å². The van der Waals surface area contributed by atoms with Crippen molar-refractivity contribution in [1.82, 2.24) is 29.9 Å². The van der Waals surface area contributed by atoms with Crippen LogP contribution in [0.5, 0.6) is 0 Å². The van der Waals surface area contributed by atoms with Crippen LogP contribution in [0.1, 0.15) is 50.9 Å². The highest BCUT2D eigenvalue weighted by atomic mass is 15.0. The molecule has 0 aliphatic heterocycles. The summed E-state index contributed by atoms with van der Waals surface area (Å²) in [7, 11) is 0. The molecule has 4 aromatic heterocycles. The topological polar surface area (TPSA) is 77.3 Å². The third-order valence-corrected chi connectivity index (χ3v) is 4.38. The van der Waals surface area contributed by atoms with Crippen molar-refractivity contribution in [2.75, 3.05) is 0 Å². The van der Waals surface area contributed by atoms with Gasteiger partial charge in [-0.1, -0.05) is 27.7 Å². The zero-order valence-electron chi connectivity index (χ0n) is 15.3. The number of hydrogen-bond acceptors (Lipinski definition) is 6. The summed E-state index contributed by atoms with van der Waals surface area (Å²) >= 11 is 0. The Morgan fingerprint density at radius 2 is 1.58 bits per heavy atom. The highest BCUT2D eigenvalue weighted by molar-refractivity contribution is 5.83. The van der Waals surface area contributed by atoms with Gasteiger partial charge in [0.15, 0.2) is 11.5 Å². The van der Waals surface area contributed by atoms with Gasteiger partial charge in [0.25, 0.3) is 0 Å². The van der Waals surface area contributed by atoms with Crippen LogP contribution in [0.15, 0.2) is 36.9 Å². The molecular formula is C20H20N6. The molecule has 0 N–H and O–H groups in total. The summed E-state index contributed by atoms with van der Waals surface area (Å²) in [4.78, 5) is 27.1. The standard InChI is InChI=1S/C20H20N6/c1-11(2)17-14-5-6-15(24-19(14)23-10-22-17)20-25-16-9-21-8-7-13(16)18(26-20)12(3)4/h5-12H,1-4H3. The molecule has 0 fully saturated rings. The number of pyridine rings is 2. The number of nitrogens with zero attached hydrogens (tertiary/aromatic N) is 6. The fourth-order valence-electron chi connectivity index (χ4n) is 3.11. The van der Waals surface area contributed by atoms with Crippen LogP contribution >= 0.6 is 0 Å². The third-order valence-electron chi connectivity index (χ3n) is 4.38. The van der Waals surface area contributed by atoms with Crippen LogP contribution < -0.4 is 0 Å². The minimum atomic E-state index is 0.275. The van der Waals surface area contributed by atoms with E-state index < -0.39 is 0 Å². The third kappa shape index (κ3) is 2.77. The first-order valence-electron chi connectivity index (χ1n) is 8.78. The van der Waals surface area contributed by atoms with Gasteiger partial charge in [0.05, 0.1) is 23.1 Å².